The van der Waals surface area contributed by atoms with Crippen LogP contribution in [0.15, 0.2) is 212 Å². The zero-order valence-electron chi connectivity index (χ0n) is 38.3. The highest BCUT2D eigenvalue weighted by molar-refractivity contribution is 7.27. The fraction of sp³-hybridized carbons (Fsp3) is 0.0645. The highest BCUT2D eigenvalue weighted by Gasteiger charge is 2.25. The summed E-state index contributed by atoms with van der Waals surface area (Å²) in [5, 5.41) is 4.81. The predicted molar refractivity (Wildman–Crippen MR) is 286 cm³/mol. The molecule has 12 rings (SSSR count). The first kappa shape index (κ1) is 41.9. The van der Waals surface area contributed by atoms with Gasteiger partial charge in [-0.25, -0.2) is 29.9 Å². The molecule has 3 heterocycles. The van der Waals surface area contributed by atoms with Crippen LogP contribution in [-0.4, -0.2) is 29.9 Å². The quantitative estimate of drug-likeness (QED) is 0.151. The molecular formula is C62H44N6S. The number of nitrogens with zero attached hydrogens (tertiary/aromatic N) is 6. The van der Waals surface area contributed by atoms with Gasteiger partial charge in [0.25, 0.3) is 0 Å². The van der Waals surface area contributed by atoms with Gasteiger partial charge in [0.05, 0.1) is 0 Å². The zero-order chi connectivity index (χ0) is 46.5. The van der Waals surface area contributed by atoms with E-state index in [1.165, 1.54) is 31.1 Å². The van der Waals surface area contributed by atoms with E-state index in [-0.39, 0.29) is 5.41 Å². The average Bonchev–Trinajstić information content (AvgIpc) is 3.81. The third kappa shape index (κ3) is 7.82. The highest BCUT2D eigenvalue weighted by atomic mass is 32.1. The lowest BCUT2D eigenvalue weighted by molar-refractivity contribution is 0.591. The van der Waals surface area contributed by atoms with Crippen LogP contribution in [0.4, 0.5) is 0 Å². The van der Waals surface area contributed by atoms with Crippen molar-refractivity contribution in [2.45, 2.75) is 26.2 Å². The molecule has 0 saturated heterocycles. The molecule has 0 aliphatic rings. The summed E-state index contributed by atoms with van der Waals surface area (Å²) >= 11 is 1.84. The van der Waals surface area contributed by atoms with Crippen molar-refractivity contribution in [3.05, 3.63) is 218 Å². The number of hydrogen-bond acceptors (Lipinski definition) is 7. The number of thiophene rings is 1. The van der Waals surface area contributed by atoms with Crippen LogP contribution in [0, 0.1) is 0 Å². The monoisotopic (exact) mass is 904 g/mol. The van der Waals surface area contributed by atoms with E-state index in [0.29, 0.717) is 34.9 Å². The summed E-state index contributed by atoms with van der Waals surface area (Å²) in [4.78, 5) is 30.9. The molecule has 0 atom stereocenters. The Bertz CT molecular complexity index is 3750. The van der Waals surface area contributed by atoms with Gasteiger partial charge in [-0.15, -0.1) is 11.3 Å². The number of aromatic nitrogens is 6. The summed E-state index contributed by atoms with van der Waals surface area (Å²) in [6, 6.07) is 73.7. The van der Waals surface area contributed by atoms with Crippen LogP contribution in [0.2, 0.25) is 0 Å². The first-order valence-electron chi connectivity index (χ1n) is 23.2. The molecule has 0 fully saturated rings. The lowest BCUT2D eigenvalue weighted by Gasteiger charge is -2.21. The number of rotatable bonds is 8. The summed E-state index contributed by atoms with van der Waals surface area (Å²) in [5.41, 5.74) is 11.0. The van der Waals surface area contributed by atoms with Crippen molar-refractivity contribution in [2.75, 3.05) is 0 Å². The van der Waals surface area contributed by atoms with Crippen LogP contribution in [0.25, 0.3) is 122 Å². The molecule has 0 aliphatic heterocycles. The molecule has 0 radical (unpaired) electrons. The average molecular weight is 905 g/mol. The van der Waals surface area contributed by atoms with Crippen molar-refractivity contribution in [2.24, 2.45) is 0 Å². The fourth-order valence-electron chi connectivity index (χ4n) is 9.25. The normalized spacial score (nSPS) is 11.7. The van der Waals surface area contributed by atoms with Crippen molar-refractivity contribution >= 4 is 42.3 Å². The van der Waals surface area contributed by atoms with E-state index in [2.05, 4.69) is 160 Å². The van der Waals surface area contributed by atoms with E-state index in [0.717, 1.165) is 61.0 Å². The second-order valence-electron chi connectivity index (χ2n) is 18.3. The Labute approximate surface area is 404 Å². The Morgan fingerprint density at radius 2 is 0.667 bits per heavy atom. The molecule has 0 spiro atoms. The predicted octanol–water partition coefficient (Wildman–Crippen LogP) is 16.2. The minimum atomic E-state index is -0.161. The molecule has 0 N–H and O–H groups in total. The van der Waals surface area contributed by atoms with Crippen molar-refractivity contribution in [1.29, 1.82) is 0 Å². The minimum Gasteiger partial charge on any atom is -0.208 e. The Morgan fingerprint density at radius 1 is 0.304 bits per heavy atom. The van der Waals surface area contributed by atoms with Crippen molar-refractivity contribution in [3.8, 4) is 90.6 Å². The van der Waals surface area contributed by atoms with Gasteiger partial charge in [0.1, 0.15) is 0 Å². The Morgan fingerprint density at radius 3 is 1.10 bits per heavy atom. The van der Waals surface area contributed by atoms with Gasteiger partial charge in [0.2, 0.25) is 0 Å². The van der Waals surface area contributed by atoms with Crippen LogP contribution in [0.3, 0.4) is 0 Å². The molecule has 12 aromatic rings. The Hall–Kier alpha value is -8.52. The van der Waals surface area contributed by atoms with Gasteiger partial charge in [0.15, 0.2) is 34.9 Å². The van der Waals surface area contributed by atoms with E-state index in [4.69, 9.17) is 29.9 Å². The maximum atomic E-state index is 5.23. The molecular weight excluding hydrogens is 861 g/mol. The standard InChI is InChI=1S/C62H44N6S/c1-62(2,3)44-37-51(47-33-19-21-35-49(47)61-67-58(41-26-12-6-13-27-41)64-59(68-61)42-28-14-7-15-29-42)54-52(38-44)53-45-31-17-16-30-43(45)36-50(55(53)69-54)46-32-18-20-34-48(46)60-65-56(39-22-8-4-9-23-39)63-57(66-60)40-24-10-5-11-25-40/h4-38H,1-3H3. The summed E-state index contributed by atoms with van der Waals surface area (Å²) in [6.45, 7) is 6.89. The minimum absolute atomic E-state index is 0.161. The first-order chi connectivity index (χ1) is 33.8. The summed E-state index contributed by atoms with van der Waals surface area (Å²) < 4.78 is 2.39. The maximum absolute atomic E-state index is 5.23. The fourth-order valence-corrected chi connectivity index (χ4v) is 10.6. The molecule has 7 heteroatoms. The van der Waals surface area contributed by atoms with Gasteiger partial charge < -0.3 is 0 Å². The second-order valence-corrected chi connectivity index (χ2v) is 19.3. The van der Waals surface area contributed by atoms with Gasteiger partial charge >= 0.3 is 0 Å². The molecule has 69 heavy (non-hydrogen) atoms. The van der Waals surface area contributed by atoms with Gasteiger partial charge in [-0.05, 0) is 51.1 Å². The summed E-state index contributed by atoms with van der Waals surface area (Å²) in [5.74, 6) is 3.75. The van der Waals surface area contributed by atoms with Gasteiger partial charge in [-0.1, -0.05) is 215 Å². The van der Waals surface area contributed by atoms with E-state index in [9.17, 15) is 0 Å². The maximum Gasteiger partial charge on any atom is 0.164 e. The molecule has 328 valence electrons. The van der Waals surface area contributed by atoms with E-state index < -0.39 is 0 Å². The van der Waals surface area contributed by atoms with Gasteiger partial charge in [-0.2, -0.15) is 0 Å². The largest absolute Gasteiger partial charge is 0.208 e. The van der Waals surface area contributed by atoms with Crippen molar-refractivity contribution in [1.82, 2.24) is 29.9 Å². The van der Waals surface area contributed by atoms with Gasteiger partial charge in [0, 0.05) is 64.7 Å². The second kappa shape index (κ2) is 17.3. The van der Waals surface area contributed by atoms with Crippen molar-refractivity contribution in [3.63, 3.8) is 0 Å². The van der Waals surface area contributed by atoms with Crippen LogP contribution in [0.5, 0.6) is 0 Å². The molecule has 9 aromatic carbocycles. The number of benzene rings is 9. The van der Waals surface area contributed by atoms with Crippen LogP contribution < -0.4 is 0 Å². The molecule has 0 bridgehead atoms. The summed E-state index contributed by atoms with van der Waals surface area (Å²) in [6.07, 6.45) is 0. The Kier molecular flexibility index (Phi) is 10.5. The molecule has 0 amide bonds. The van der Waals surface area contributed by atoms with E-state index in [1.54, 1.807) is 0 Å². The van der Waals surface area contributed by atoms with Gasteiger partial charge in [-0.3, -0.25) is 0 Å². The number of hydrogen-bond donors (Lipinski definition) is 0. The Balaban J connectivity index is 1.12. The zero-order valence-corrected chi connectivity index (χ0v) is 39.1. The molecule has 0 aliphatic carbocycles. The van der Waals surface area contributed by atoms with Crippen LogP contribution in [-0.2, 0) is 5.41 Å². The molecule has 6 nitrogen and oxygen atoms in total. The number of fused-ring (bicyclic) bond motifs is 5. The lowest BCUT2D eigenvalue weighted by atomic mass is 9.83. The van der Waals surface area contributed by atoms with Crippen LogP contribution in [0.1, 0.15) is 26.3 Å². The van der Waals surface area contributed by atoms with E-state index in [1.807, 2.05) is 84.1 Å². The molecule has 3 aromatic heterocycles. The SMILES string of the molecule is CC(C)(C)c1cc(-c2ccccc2-c2nc(-c3ccccc3)nc(-c3ccccc3)n2)c2sc3c(-c4ccccc4-c4nc(-c5ccccc5)nc(-c5ccccc5)n4)cc4ccccc4c3c2c1. The molecule has 0 saturated carbocycles. The first-order valence-corrected chi connectivity index (χ1v) is 24.0. The third-order valence-electron chi connectivity index (χ3n) is 12.7. The lowest BCUT2D eigenvalue weighted by Crippen LogP contribution is -2.11. The smallest absolute Gasteiger partial charge is 0.164 e. The highest BCUT2D eigenvalue weighted by Crippen LogP contribution is 2.50. The summed E-state index contributed by atoms with van der Waals surface area (Å²) in [7, 11) is 0. The van der Waals surface area contributed by atoms with E-state index >= 15 is 0 Å². The van der Waals surface area contributed by atoms with Crippen molar-refractivity contribution < 1.29 is 0 Å². The molecule has 0 unspecified atom stereocenters. The third-order valence-corrected chi connectivity index (χ3v) is 14.0. The topological polar surface area (TPSA) is 77.3 Å². The van der Waals surface area contributed by atoms with Crippen LogP contribution >= 0.6 is 11.3 Å².